The molecule has 20 atom stereocenters. The van der Waals surface area contributed by atoms with Gasteiger partial charge in [-0.3, -0.25) is 41.3 Å². The summed E-state index contributed by atoms with van der Waals surface area (Å²) < 4.78 is 118. The van der Waals surface area contributed by atoms with Gasteiger partial charge >= 0.3 is 39.1 Å². The summed E-state index contributed by atoms with van der Waals surface area (Å²) in [5.41, 5.74) is 22.8. The van der Waals surface area contributed by atoms with Gasteiger partial charge in [0.15, 0.2) is 47.8 Å². The highest BCUT2D eigenvalue weighted by molar-refractivity contribution is 7.61. The lowest BCUT2D eigenvalue weighted by Gasteiger charge is -2.28. The summed E-state index contributed by atoms with van der Waals surface area (Å²) in [6.45, 7) is -3.81. The standard InChI is InChI=1S/C21H30N7O17P3.C21H29N7O14P2/c22-17-12-19(25-7-24-17)28(8-26-12)21-16(44-46(33,34)35)14(30)11(43-21)6-41-48(38,39)45-47(36,37)40-5-10-13(29)15(31)20(42-10)27-3-1-2-9(4-27)18(23)32;22-17-12-19(25-7-24-17)28(8-26-12)21-16(32)14(30)11(41-21)6-39-44(36,37)42-43(34,35)38-5-10-13(29)15(31)20(40-10)27-3-1-2-9(4-27)18(23)33/h1,3-4,7-8,10-11,13-16,20-21,29-31H,2,5-6H2,(H2,23,32)(H,36,37)(H,38,39)(H2,22,24,25)(H2,33,34,35);1,3-4,7-8,10-11,13-16,20-21,29-32H,2,5-6H2,(H2,23,33)(H,34,35)(H,36,37)(H2,22,24,25)/t2*10-,11-,13?,14-,15?,16-,20?,21-/m11/s1. The Labute approximate surface area is 513 Å². The number of nitrogen functional groups attached to an aromatic ring is 2. The molecule has 6 aliphatic heterocycles. The van der Waals surface area contributed by atoms with Crippen LogP contribution in [0.1, 0.15) is 25.3 Å². The monoisotopic (exact) mass is 1410 g/mol. The number of fused-ring (bicyclic) bond motifs is 2. The van der Waals surface area contributed by atoms with Gasteiger partial charge in [0.25, 0.3) is 0 Å². The lowest BCUT2D eigenvalue weighted by atomic mass is 10.1. The number of phosphoric ester groups is 5. The van der Waals surface area contributed by atoms with Crippen LogP contribution in [-0.4, -0.2) is 238 Å². The van der Waals surface area contributed by atoms with E-state index in [-0.39, 0.29) is 58.0 Å². The molecule has 0 radical (unpaired) electrons. The van der Waals surface area contributed by atoms with Crippen molar-refractivity contribution in [2.45, 2.75) is 111 Å². The summed E-state index contributed by atoms with van der Waals surface area (Å²) in [5, 5.41) is 73.2. The molecule has 2 amide bonds. The molecule has 4 fully saturated rings. The normalized spacial score (nSPS) is 32.6. The van der Waals surface area contributed by atoms with Crippen molar-refractivity contribution in [3.63, 3.8) is 0 Å². The Kier molecular flexibility index (Phi) is 21.5. The number of hydrogen-bond acceptors (Lipinski definition) is 35. The van der Waals surface area contributed by atoms with Crippen LogP contribution in [0.5, 0.6) is 0 Å². The number of hydrogen-bond donors (Lipinski definition) is 17. The number of anilines is 2. The molecule has 45 nitrogen and oxygen atoms in total. The molecule has 21 N–H and O–H groups in total. The summed E-state index contributed by atoms with van der Waals surface area (Å²) in [4.78, 5) is 108. The van der Waals surface area contributed by atoms with Gasteiger partial charge in [0.2, 0.25) is 11.8 Å². The third kappa shape index (κ3) is 16.4. The Morgan fingerprint density at radius 3 is 1.20 bits per heavy atom. The summed E-state index contributed by atoms with van der Waals surface area (Å²) in [6, 6.07) is 0. The fourth-order valence-corrected chi connectivity index (χ4v) is 14.3. The molecular weight excluding hydrogens is 1350 g/mol. The third-order valence-corrected chi connectivity index (χ3v) is 19.7. The number of amides is 2. The first-order valence-electron chi connectivity index (χ1n) is 26.2. The third-order valence-electron chi connectivity index (χ3n) is 14.0. The van der Waals surface area contributed by atoms with Crippen molar-refractivity contribution in [2.75, 3.05) is 37.9 Å². The number of phosphoric acid groups is 5. The number of primary amides is 2. The minimum Gasteiger partial charge on any atom is -0.387 e. The van der Waals surface area contributed by atoms with Gasteiger partial charge in [-0.05, 0) is 12.8 Å². The highest BCUT2D eigenvalue weighted by atomic mass is 31.3. The van der Waals surface area contributed by atoms with Crippen molar-refractivity contribution >= 4 is 84.9 Å². The van der Waals surface area contributed by atoms with Gasteiger partial charge in [0.1, 0.15) is 96.9 Å². The summed E-state index contributed by atoms with van der Waals surface area (Å²) in [5.74, 6) is -1.45. The summed E-state index contributed by atoms with van der Waals surface area (Å²) in [6.07, 6.45) is -11.3. The Morgan fingerprint density at radius 2 is 0.826 bits per heavy atom. The molecule has 4 saturated heterocycles. The molecule has 6 aliphatic rings. The van der Waals surface area contributed by atoms with Crippen LogP contribution in [0.2, 0.25) is 0 Å². The Balaban J connectivity index is 0.000000218. The van der Waals surface area contributed by atoms with Gasteiger partial charge in [-0.15, -0.1) is 0 Å². The van der Waals surface area contributed by atoms with Gasteiger partial charge in [-0.25, -0.2) is 52.7 Å². The maximum Gasteiger partial charge on any atom is 0.481 e. The van der Waals surface area contributed by atoms with E-state index in [1.165, 1.54) is 51.6 Å². The number of imidazole rings is 2. The van der Waals surface area contributed by atoms with Crippen molar-refractivity contribution in [1.82, 2.24) is 48.8 Å². The van der Waals surface area contributed by atoms with E-state index in [9.17, 15) is 97.5 Å². The number of ether oxygens (including phenoxy) is 4. The second kappa shape index (κ2) is 28.0. The molecule has 0 bridgehead atoms. The van der Waals surface area contributed by atoms with Gasteiger partial charge in [-0.1, -0.05) is 12.2 Å². The van der Waals surface area contributed by atoms with Gasteiger partial charge in [-0.2, -0.15) is 8.62 Å². The molecule has 50 heteroatoms. The molecule has 508 valence electrons. The molecule has 0 saturated carbocycles. The molecule has 10 unspecified atom stereocenters. The van der Waals surface area contributed by atoms with E-state index in [2.05, 4.69) is 43.0 Å². The zero-order chi connectivity index (χ0) is 67.2. The van der Waals surface area contributed by atoms with Gasteiger partial charge < -0.3 is 117 Å². The molecule has 0 spiro atoms. The number of rotatable bonds is 24. The number of nitrogens with two attached hydrogens (primary N) is 4. The van der Waals surface area contributed by atoms with Crippen molar-refractivity contribution in [3.8, 4) is 0 Å². The minimum absolute atomic E-state index is 0.00424. The fourth-order valence-electron chi connectivity index (χ4n) is 9.61. The number of aliphatic hydroxyl groups excluding tert-OH is 7. The zero-order valence-corrected chi connectivity index (χ0v) is 50.9. The van der Waals surface area contributed by atoms with Crippen LogP contribution in [0, 0.1) is 0 Å². The van der Waals surface area contributed by atoms with Crippen molar-refractivity contribution in [2.24, 2.45) is 11.5 Å². The topological polar surface area (TPSA) is 682 Å². The quantitative estimate of drug-likeness (QED) is 0.0292. The zero-order valence-electron chi connectivity index (χ0n) is 46.4. The fraction of sp³-hybridized carbons (Fsp3) is 0.524. The van der Waals surface area contributed by atoms with E-state index in [0.717, 1.165) is 23.5 Å². The Bertz CT molecular complexity index is 3770. The van der Waals surface area contributed by atoms with E-state index in [0.29, 0.717) is 0 Å². The number of carbonyl (C=O) groups is 2. The Morgan fingerprint density at radius 1 is 0.489 bits per heavy atom. The van der Waals surface area contributed by atoms with Gasteiger partial charge in [0, 0.05) is 35.9 Å². The first-order chi connectivity index (χ1) is 43.0. The molecule has 4 aromatic heterocycles. The van der Waals surface area contributed by atoms with Crippen LogP contribution in [0.4, 0.5) is 11.6 Å². The van der Waals surface area contributed by atoms with E-state index >= 15 is 0 Å². The molecule has 0 aromatic carbocycles. The average molecular weight is 1410 g/mol. The van der Waals surface area contributed by atoms with E-state index < -0.39 is 176 Å². The highest BCUT2D eigenvalue weighted by Crippen LogP contribution is 2.62. The maximum atomic E-state index is 12.6. The molecule has 0 aliphatic carbocycles. The summed E-state index contributed by atoms with van der Waals surface area (Å²) >= 11 is 0. The minimum atomic E-state index is -5.52. The second-order valence-electron chi connectivity index (χ2n) is 20.3. The van der Waals surface area contributed by atoms with Crippen molar-refractivity contribution in [3.05, 3.63) is 73.4 Å². The lowest BCUT2D eigenvalue weighted by molar-refractivity contribution is -0.115. The SMILES string of the molecule is NC(=O)C1=CN(C2O[C@H](COP(=O)(O)OP(=O)(O)OC[C@H]3O[C@@H](n4cnc5c(N)ncnc54)[C@H](O)[C@@H]3O)C(O)C2O)C=CC1.NC(=O)C1=CN(C2O[C@H](COP(=O)(O)OP(=O)(O)OC[C@H]3O[C@@H](n4cnc5c(N)ncnc54)[C@H](OP(=O)(O)O)[C@@H]3O)C(O)C2O)C=CC1. The molecule has 92 heavy (non-hydrogen) atoms. The first kappa shape index (κ1) is 70.7. The number of carbonyl (C=O) groups excluding carboxylic acids is 2. The number of aromatic nitrogens is 8. The molecule has 10 heterocycles. The van der Waals surface area contributed by atoms with Crippen molar-refractivity contribution in [1.29, 1.82) is 0 Å². The maximum absolute atomic E-state index is 12.6. The number of aliphatic hydroxyl groups is 7. The van der Waals surface area contributed by atoms with Crippen LogP contribution < -0.4 is 22.9 Å². The van der Waals surface area contributed by atoms with Crippen LogP contribution in [0.25, 0.3) is 22.3 Å². The van der Waals surface area contributed by atoms with Crippen molar-refractivity contribution < 1.29 is 148 Å². The second-order valence-corrected chi connectivity index (χ2v) is 27.5. The smallest absolute Gasteiger partial charge is 0.387 e. The lowest BCUT2D eigenvalue weighted by Crippen LogP contribution is -2.40. The van der Waals surface area contributed by atoms with Crippen LogP contribution in [-0.2, 0) is 82.6 Å². The van der Waals surface area contributed by atoms with Crippen LogP contribution in [0.3, 0.4) is 0 Å². The van der Waals surface area contributed by atoms with E-state index in [4.69, 9.17) is 60.0 Å². The van der Waals surface area contributed by atoms with Crippen LogP contribution >= 0.6 is 39.1 Å². The number of nitrogens with zero attached hydrogens (tertiary/aromatic N) is 10. The van der Waals surface area contributed by atoms with E-state index in [1.54, 1.807) is 6.08 Å². The Hall–Kier alpha value is -5.61. The largest absolute Gasteiger partial charge is 0.481 e. The number of allylic oxidation sites excluding steroid dienone is 2. The molecule has 10 rings (SSSR count). The average Bonchev–Trinajstić information content (AvgIpc) is 1.63. The van der Waals surface area contributed by atoms with Crippen LogP contribution in [0.15, 0.2) is 73.4 Å². The first-order valence-corrected chi connectivity index (χ1v) is 33.7. The predicted molar refractivity (Wildman–Crippen MR) is 295 cm³/mol. The summed E-state index contributed by atoms with van der Waals surface area (Å²) in [7, 11) is -27.0. The van der Waals surface area contributed by atoms with E-state index in [1.807, 2.05) is 0 Å². The van der Waals surface area contributed by atoms with Gasteiger partial charge in [0.05, 0.1) is 39.1 Å². The molecule has 4 aromatic rings. The predicted octanol–water partition coefficient (Wildman–Crippen LogP) is -5.26. The molecular formula is C42H59N14O31P5. The highest BCUT2D eigenvalue weighted by Gasteiger charge is 2.53.